The van der Waals surface area contributed by atoms with Crippen LogP contribution in [0, 0.1) is 5.92 Å². The normalized spacial score (nSPS) is 21.0. The van der Waals surface area contributed by atoms with Crippen molar-refractivity contribution in [2.45, 2.75) is 45.1 Å². The van der Waals surface area contributed by atoms with Gasteiger partial charge in [-0.1, -0.05) is 39.5 Å². The molecule has 1 nitrogen and oxygen atoms in total. The van der Waals surface area contributed by atoms with Gasteiger partial charge in [0.15, 0.2) is 0 Å². The first kappa shape index (κ1) is 9.27. The van der Waals surface area contributed by atoms with Gasteiger partial charge in [-0.3, -0.25) is 0 Å². The maximum absolute atomic E-state index is 3.67. The molecule has 0 heterocycles. The Morgan fingerprint density at radius 3 is 2.55 bits per heavy atom. The molecular weight excluding hydrogens is 150 g/mol. The highest BCUT2D eigenvalue weighted by molar-refractivity contribution is 6.34. The van der Waals surface area contributed by atoms with Gasteiger partial charge in [0.25, 0.3) is 0 Å². The van der Waals surface area contributed by atoms with E-state index in [-0.39, 0.29) is 9.68 Å². The van der Waals surface area contributed by atoms with E-state index in [2.05, 4.69) is 18.8 Å². The first-order valence-corrected chi connectivity index (χ1v) is 6.52. The Morgan fingerprint density at radius 1 is 1.36 bits per heavy atom. The van der Waals surface area contributed by atoms with Crippen molar-refractivity contribution in [3.8, 4) is 0 Å². The molecule has 1 aliphatic carbocycles. The fraction of sp³-hybridized carbons (Fsp3) is 1.00. The van der Waals surface area contributed by atoms with Crippen LogP contribution in [0.25, 0.3) is 0 Å². The molecule has 1 rings (SSSR count). The molecule has 0 bridgehead atoms. The minimum Gasteiger partial charge on any atom is -0.342 e. The monoisotopic (exact) mass is 171 g/mol. The smallest absolute Gasteiger partial charge is 0.0947 e. The molecule has 0 unspecified atom stereocenters. The molecule has 0 aromatic heterocycles. The summed E-state index contributed by atoms with van der Waals surface area (Å²) < 4.78 is 0. The summed E-state index contributed by atoms with van der Waals surface area (Å²) in [4.78, 5) is 3.67. The summed E-state index contributed by atoms with van der Waals surface area (Å²) in [6.45, 7) is 5.83. The summed E-state index contributed by atoms with van der Waals surface area (Å²) in [5, 5.41) is 0. The standard InChI is InChI=1S/C9H21NSi/c1-8(2)7-10-11-9-5-3-4-6-9/h8-10H,3-7,11H2,1-2H3. The van der Waals surface area contributed by atoms with Crippen LogP contribution in [0.3, 0.4) is 0 Å². The molecule has 0 amide bonds. The predicted molar refractivity (Wildman–Crippen MR) is 53.6 cm³/mol. The first-order valence-electron chi connectivity index (χ1n) is 4.99. The molecule has 2 heteroatoms. The fourth-order valence-corrected chi connectivity index (χ4v) is 3.93. The van der Waals surface area contributed by atoms with Crippen molar-refractivity contribution in [3.05, 3.63) is 0 Å². The highest BCUT2D eigenvalue weighted by Gasteiger charge is 2.14. The van der Waals surface area contributed by atoms with Gasteiger partial charge in [-0.05, 0) is 18.0 Å². The molecule has 0 aromatic rings. The molecule has 0 saturated heterocycles. The number of rotatable bonds is 4. The molecule has 66 valence electrons. The molecule has 1 saturated carbocycles. The zero-order valence-corrected chi connectivity index (χ0v) is 9.31. The van der Waals surface area contributed by atoms with E-state index in [0.29, 0.717) is 0 Å². The third kappa shape index (κ3) is 3.92. The van der Waals surface area contributed by atoms with Crippen molar-refractivity contribution in [2.75, 3.05) is 6.54 Å². The lowest BCUT2D eigenvalue weighted by molar-refractivity contribution is 0.627. The maximum atomic E-state index is 3.67. The van der Waals surface area contributed by atoms with Crippen LogP contribution in [-0.4, -0.2) is 16.2 Å². The van der Waals surface area contributed by atoms with Crippen LogP contribution in [0.1, 0.15) is 39.5 Å². The highest BCUT2D eigenvalue weighted by atomic mass is 28.2. The molecule has 1 aliphatic rings. The Hall–Kier alpha value is 0.177. The van der Waals surface area contributed by atoms with Crippen molar-refractivity contribution in [2.24, 2.45) is 5.92 Å². The summed E-state index contributed by atoms with van der Waals surface area (Å²) in [6, 6.07) is 0. The summed E-state index contributed by atoms with van der Waals surface area (Å²) in [5.74, 6) is 0.837. The summed E-state index contributed by atoms with van der Waals surface area (Å²) in [7, 11) is 0.0950. The average Bonchev–Trinajstić information content (AvgIpc) is 2.39. The first-order chi connectivity index (χ1) is 5.29. The largest absolute Gasteiger partial charge is 0.342 e. The third-order valence-electron chi connectivity index (χ3n) is 2.46. The molecule has 0 atom stereocenters. The second kappa shape index (κ2) is 4.94. The molecule has 0 aromatic carbocycles. The Labute approximate surface area is 72.9 Å². The fourth-order valence-electron chi connectivity index (χ4n) is 1.79. The van der Waals surface area contributed by atoms with Gasteiger partial charge in [0.2, 0.25) is 0 Å². The van der Waals surface area contributed by atoms with Gasteiger partial charge in [-0.15, -0.1) is 0 Å². The van der Waals surface area contributed by atoms with Crippen molar-refractivity contribution < 1.29 is 0 Å². The molecular formula is C9H21NSi. The van der Waals surface area contributed by atoms with E-state index in [0.717, 1.165) is 11.5 Å². The average molecular weight is 171 g/mol. The molecule has 1 N–H and O–H groups in total. The van der Waals surface area contributed by atoms with Crippen LogP contribution in [0.15, 0.2) is 0 Å². The maximum Gasteiger partial charge on any atom is 0.0947 e. The van der Waals surface area contributed by atoms with Gasteiger partial charge in [0.05, 0.1) is 9.68 Å². The Balaban J connectivity index is 1.94. The zero-order valence-electron chi connectivity index (χ0n) is 7.90. The predicted octanol–water partition coefficient (Wildman–Crippen LogP) is 1.68. The number of nitrogens with one attached hydrogen (secondary N) is 1. The lowest BCUT2D eigenvalue weighted by Crippen LogP contribution is -2.26. The molecule has 11 heavy (non-hydrogen) atoms. The van der Waals surface area contributed by atoms with Crippen molar-refractivity contribution >= 4 is 9.68 Å². The van der Waals surface area contributed by atoms with Gasteiger partial charge in [0.1, 0.15) is 0 Å². The van der Waals surface area contributed by atoms with E-state index in [1.807, 2.05) is 0 Å². The quantitative estimate of drug-likeness (QED) is 0.635. The zero-order chi connectivity index (χ0) is 8.10. The lowest BCUT2D eigenvalue weighted by Gasteiger charge is -2.10. The SMILES string of the molecule is CC(C)CN[SiH2]C1CCCC1. The molecule has 0 spiro atoms. The second-order valence-electron chi connectivity index (χ2n) is 4.20. The minimum absolute atomic E-state index is 0.0950. The van der Waals surface area contributed by atoms with E-state index < -0.39 is 0 Å². The van der Waals surface area contributed by atoms with Crippen LogP contribution in [0.2, 0.25) is 5.54 Å². The number of hydrogen-bond donors (Lipinski definition) is 1. The second-order valence-corrected chi connectivity index (χ2v) is 6.27. The molecule has 0 aliphatic heterocycles. The topological polar surface area (TPSA) is 12.0 Å². The van der Waals surface area contributed by atoms with Crippen molar-refractivity contribution in [3.63, 3.8) is 0 Å². The van der Waals surface area contributed by atoms with Crippen LogP contribution >= 0.6 is 0 Å². The van der Waals surface area contributed by atoms with E-state index in [1.54, 1.807) is 0 Å². The van der Waals surface area contributed by atoms with E-state index in [9.17, 15) is 0 Å². The number of hydrogen-bond acceptors (Lipinski definition) is 1. The van der Waals surface area contributed by atoms with Crippen LogP contribution in [0.4, 0.5) is 0 Å². The third-order valence-corrected chi connectivity index (χ3v) is 4.43. The van der Waals surface area contributed by atoms with Crippen molar-refractivity contribution in [1.29, 1.82) is 0 Å². The van der Waals surface area contributed by atoms with Crippen LogP contribution in [-0.2, 0) is 0 Å². The van der Waals surface area contributed by atoms with Crippen LogP contribution < -0.4 is 4.98 Å². The summed E-state index contributed by atoms with van der Waals surface area (Å²) in [6.07, 6.45) is 6.05. The highest BCUT2D eigenvalue weighted by Crippen LogP contribution is 2.28. The summed E-state index contributed by atoms with van der Waals surface area (Å²) in [5.41, 5.74) is 1.13. The van der Waals surface area contributed by atoms with Gasteiger partial charge in [-0.25, -0.2) is 0 Å². The van der Waals surface area contributed by atoms with Gasteiger partial charge in [0, 0.05) is 0 Å². The van der Waals surface area contributed by atoms with Gasteiger partial charge >= 0.3 is 0 Å². The Kier molecular flexibility index (Phi) is 4.16. The van der Waals surface area contributed by atoms with Gasteiger partial charge in [-0.2, -0.15) is 0 Å². The van der Waals surface area contributed by atoms with E-state index in [1.165, 1.54) is 32.2 Å². The van der Waals surface area contributed by atoms with Gasteiger partial charge < -0.3 is 4.98 Å². The Bertz CT molecular complexity index is 97.7. The molecule has 0 radical (unpaired) electrons. The van der Waals surface area contributed by atoms with Crippen molar-refractivity contribution in [1.82, 2.24) is 4.98 Å². The minimum atomic E-state index is 0.0950. The van der Waals surface area contributed by atoms with E-state index in [4.69, 9.17) is 0 Å². The van der Waals surface area contributed by atoms with Crippen LogP contribution in [0.5, 0.6) is 0 Å². The van der Waals surface area contributed by atoms with E-state index >= 15 is 0 Å². The summed E-state index contributed by atoms with van der Waals surface area (Å²) >= 11 is 0. The lowest BCUT2D eigenvalue weighted by atomic mass is 10.2. The molecule has 1 fully saturated rings. The Morgan fingerprint density at radius 2 is 2.00 bits per heavy atom.